The molecule has 0 aromatic heterocycles. The van der Waals surface area contributed by atoms with Gasteiger partial charge < -0.3 is 0 Å². The van der Waals surface area contributed by atoms with Gasteiger partial charge >= 0.3 is 178 Å². The average molecular weight is 456 g/mol. The van der Waals surface area contributed by atoms with Gasteiger partial charge in [-0.15, -0.1) is 0 Å². The summed E-state index contributed by atoms with van der Waals surface area (Å²) in [4.78, 5) is 0. The van der Waals surface area contributed by atoms with Gasteiger partial charge in [-0.1, -0.05) is 0 Å². The molecule has 0 spiro atoms. The molecule has 2 nitrogen and oxygen atoms in total. The van der Waals surface area contributed by atoms with Crippen molar-refractivity contribution in [3.8, 4) is 0 Å². The third-order valence-electron chi connectivity index (χ3n) is 6.62. The summed E-state index contributed by atoms with van der Waals surface area (Å²) in [6.45, 7) is 8.70. The van der Waals surface area contributed by atoms with Crippen LogP contribution in [0.4, 0.5) is 0 Å². The standard InChI is InChI=1S/C22H34BClO2Se/c1-21(2)22(3,4)26-23(25-21)20(17-10-6-5-7-11-17)14-9-15-27-19-13-8-12-18(24)16-19/h8,12-13,16-17,20H,5-7,9-11,14-15H2,1-4H3. The van der Waals surface area contributed by atoms with Crippen LogP contribution in [-0.4, -0.2) is 33.3 Å². The first kappa shape index (κ1) is 21.7. The predicted molar refractivity (Wildman–Crippen MR) is 117 cm³/mol. The van der Waals surface area contributed by atoms with Gasteiger partial charge in [-0.2, -0.15) is 0 Å². The van der Waals surface area contributed by atoms with E-state index in [2.05, 4.69) is 45.9 Å². The molecule has 5 heteroatoms. The Morgan fingerprint density at radius 1 is 1.11 bits per heavy atom. The third-order valence-corrected chi connectivity index (χ3v) is 9.12. The van der Waals surface area contributed by atoms with E-state index in [-0.39, 0.29) is 18.3 Å². The van der Waals surface area contributed by atoms with Gasteiger partial charge in [0.15, 0.2) is 0 Å². The van der Waals surface area contributed by atoms with Crippen molar-refractivity contribution in [3.63, 3.8) is 0 Å². The number of halogens is 1. The van der Waals surface area contributed by atoms with E-state index < -0.39 is 0 Å². The molecule has 27 heavy (non-hydrogen) atoms. The molecule has 150 valence electrons. The topological polar surface area (TPSA) is 18.5 Å². The molecule has 0 radical (unpaired) electrons. The normalized spacial score (nSPS) is 23.5. The molecule has 0 amide bonds. The first-order valence-electron chi connectivity index (χ1n) is 10.5. The van der Waals surface area contributed by atoms with Crippen molar-refractivity contribution in [1.82, 2.24) is 0 Å². The Morgan fingerprint density at radius 2 is 1.78 bits per heavy atom. The maximum atomic E-state index is 6.48. The van der Waals surface area contributed by atoms with Gasteiger partial charge in [0.25, 0.3) is 0 Å². The zero-order valence-electron chi connectivity index (χ0n) is 17.3. The van der Waals surface area contributed by atoms with E-state index in [1.54, 1.807) is 0 Å². The third kappa shape index (κ3) is 5.55. The molecule has 1 aliphatic heterocycles. The molecule has 1 aromatic rings. The number of hydrogen-bond donors (Lipinski definition) is 0. The summed E-state index contributed by atoms with van der Waals surface area (Å²) >= 11 is 6.62. The Kier molecular flexibility index (Phi) is 7.42. The summed E-state index contributed by atoms with van der Waals surface area (Å²) in [6.07, 6.45) is 9.27. The van der Waals surface area contributed by atoms with Crippen LogP contribution in [0, 0.1) is 5.92 Å². The Bertz CT molecular complexity index is 600. The minimum absolute atomic E-state index is 0.0447. The summed E-state index contributed by atoms with van der Waals surface area (Å²) in [7, 11) is -0.0447. The minimum atomic E-state index is -0.227. The molecule has 0 bridgehead atoms. The summed E-state index contributed by atoms with van der Waals surface area (Å²) in [5, 5.41) is 2.11. The van der Waals surface area contributed by atoms with Gasteiger partial charge in [-0.05, 0) is 0 Å². The fraction of sp³-hybridized carbons (Fsp3) is 0.727. The molecule has 2 fully saturated rings. The van der Waals surface area contributed by atoms with Crippen LogP contribution in [0.25, 0.3) is 0 Å². The number of rotatable bonds is 7. The van der Waals surface area contributed by atoms with Crippen LogP contribution in [0.2, 0.25) is 16.2 Å². The molecule has 1 aromatic carbocycles. The fourth-order valence-corrected chi connectivity index (χ4v) is 6.58. The second-order valence-corrected chi connectivity index (χ2v) is 12.0. The first-order valence-corrected chi connectivity index (χ1v) is 13.0. The average Bonchev–Trinajstić information content (AvgIpc) is 2.83. The molecule has 1 saturated heterocycles. The molecular weight excluding hydrogens is 421 g/mol. The first-order chi connectivity index (χ1) is 12.8. The molecule has 1 aliphatic carbocycles. The van der Waals surface area contributed by atoms with Crippen molar-refractivity contribution in [1.29, 1.82) is 0 Å². The van der Waals surface area contributed by atoms with Crippen LogP contribution >= 0.6 is 11.6 Å². The van der Waals surface area contributed by atoms with Crippen molar-refractivity contribution in [2.75, 3.05) is 0 Å². The molecule has 0 N–H and O–H groups in total. The SMILES string of the molecule is CC1(C)OB(C(CCC[Se]c2cccc(Cl)c2)C2CCCCC2)OC1(C)C. The Morgan fingerprint density at radius 3 is 2.41 bits per heavy atom. The maximum absolute atomic E-state index is 6.48. The van der Waals surface area contributed by atoms with Gasteiger partial charge in [0.1, 0.15) is 0 Å². The Balaban J connectivity index is 1.59. The zero-order valence-corrected chi connectivity index (χ0v) is 19.8. The van der Waals surface area contributed by atoms with Crippen LogP contribution in [0.3, 0.4) is 0 Å². The summed E-state index contributed by atoms with van der Waals surface area (Å²) in [5.41, 5.74) is -0.454. The van der Waals surface area contributed by atoms with Crippen LogP contribution in [0.5, 0.6) is 0 Å². The van der Waals surface area contributed by atoms with Gasteiger partial charge in [0.05, 0.1) is 0 Å². The number of hydrogen-bond acceptors (Lipinski definition) is 2. The number of benzene rings is 1. The summed E-state index contributed by atoms with van der Waals surface area (Å²) in [5.74, 6) is 1.29. The van der Waals surface area contributed by atoms with Gasteiger partial charge in [-0.25, -0.2) is 0 Å². The van der Waals surface area contributed by atoms with Gasteiger partial charge in [-0.3, -0.25) is 0 Å². The van der Waals surface area contributed by atoms with E-state index in [1.807, 2.05) is 6.07 Å². The van der Waals surface area contributed by atoms with Gasteiger partial charge in [0.2, 0.25) is 0 Å². The zero-order chi connectivity index (χ0) is 19.5. The van der Waals surface area contributed by atoms with Crippen LogP contribution < -0.4 is 4.46 Å². The fourth-order valence-electron chi connectivity index (χ4n) is 4.29. The Labute approximate surface area is 177 Å². The molecule has 1 atom stereocenters. The van der Waals surface area contributed by atoms with E-state index in [0.29, 0.717) is 20.8 Å². The van der Waals surface area contributed by atoms with Gasteiger partial charge in [0, 0.05) is 0 Å². The van der Waals surface area contributed by atoms with Crippen molar-refractivity contribution in [2.45, 2.75) is 95.0 Å². The summed E-state index contributed by atoms with van der Waals surface area (Å²) < 4.78 is 14.4. The van der Waals surface area contributed by atoms with Crippen LogP contribution in [0.15, 0.2) is 24.3 Å². The van der Waals surface area contributed by atoms with E-state index in [1.165, 1.54) is 54.7 Å². The Hall–Kier alpha value is 0.0144. The van der Waals surface area contributed by atoms with Crippen molar-refractivity contribution >= 4 is 38.1 Å². The second-order valence-electron chi connectivity index (χ2n) is 9.13. The second kappa shape index (κ2) is 9.22. The quantitative estimate of drug-likeness (QED) is 0.376. The molecule has 2 aliphatic rings. The van der Waals surface area contributed by atoms with E-state index in [0.717, 1.165) is 10.9 Å². The van der Waals surface area contributed by atoms with Crippen molar-refractivity contribution in [2.24, 2.45) is 5.92 Å². The van der Waals surface area contributed by atoms with E-state index in [4.69, 9.17) is 20.9 Å². The van der Waals surface area contributed by atoms with E-state index in [9.17, 15) is 0 Å². The summed E-state index contributed by atoms with van der Waals surface area (Å²) in [6, 6.07) is 8.35. The van der Waals surface area contributed by atoms with Crippen molar-refractivity contribution < 1.29 is 9.31 Å². The monoisotopic (exact) mass is 456 g/mol. The molecule has 3 rings (SSSR count). The molecule has 1 heterocycles. The van der Waals surface area contributed by atoms with Crippen LogP contribution in [-0.2, 0) is 9.31 Å². The molecule has 1 saturated carbocycles. The molecule has 1 unspecified atom stereocenters. The van der Waals surface area contributed by atoms with E-state index >= 15 is 0 Å². The van der Waals surface area contributed by atoms with Crippen LogP contribution in [0.1, 0.15) is 72.6 Å². The molecular formula is C22H34BClO2Se. The van der Waals surface area contributed by atoms with Crippen molar-refractivity contribution in [3.05, 3.63) is 29.3 Å². The predicted octanol–water partition coefficient (Wildman–Crippen LogP) is 5.91.